The molecule has 12 nitrogen and oxygen atoms in total. The van der Waals surface area contributed by atoms with Gasteiger partial charge < -0.3 is 36.4 Å². The maximum atomic E-state index is 11.6. The van der Waals surface area contributed by atoms with Crippen molar-refractivity contribution in [2.45, 2.75) is 17.8 Å². The number of hydrogen-bond acceptors (Lipinski definition) is 7. The van der Waals surface area contributed by atoms with Gasteiger partial charge in [0.1, 0.15) is 22.9 Å². The topological polar surface area (TPSA) is 215 Å². The molecule has 13 heteroatoms. The van der Waals surface area contributed by atoms with Crippen molar-refractivity contribution in [2.24, 2.45) is 29.2 Å². The number of aromatic nitrogens is 1. The fraction of sp³-hybridized carbons (Fsp3) is 0.182. The second kappa shape index (κ2) is 10.2. The zero-order valence-corrected chi connectivity index (χ0v) is 19.3. The highest BCUT2D eigenvalue weighted by molar-refractivity contribution is 7.86. The van der Waals surface area contributed by atoms with Gasteiger partial charge in [0.25, 0.3) is 5.96 Å². The van der Waals surface area contributed by atoms with Crippen LogP contribution in [-0.2, 0) is 26.7 Å². The second-order valence-electron chi connectivity index (χ2n) is 7.56. The van der Waals surface area contributed by atoms with Crippen LogP contribution in [0.1, 0.15) is 12.0 Å². The summed E-state index contributed by atoms with van der Waals surface area (Å²) < 4.78 is 41.5. The van der Waals surface area contributed by atoms with Crippen LogP contribution in [0.5, 0.6) is 0 Å². The van der Waals surface area contributed by atoms with E-state index in [9.17, 15) is 22.9 Å². The normalized spacial score (nSPS) is 17.9. The number of aliphatic imine (C=N–C) groups is 1. The number of carbonyl (C=O) groups is 1. The highest BCUT2D eigenvalue weighted by Crippen LogP contribution is 2.28. The van der Waals surface area contributed by atoms with E-state index < -0.39 is 33.9 Å². The van der Waals surface area contributed by atoms with Gasteiger partial charge in [0, 0.05) is 29.7 Å². The zero-order valence-electron chi connectivity index (χ0n) is 18.5. The summed E-state index contributed by atoms with van der Waals surface area (Å²) in [5.74, 6) is 3.68. The van der Waals surface area contributed by atoms with Gasteiger partial charge in [0.2, 0.25) is 0 Å². The Morgan fingerprint density at radius 1 is 1.20 bits per heavy atom. The van der Waals surface area contributed by atoms with E-state index in [1.165, 1.54) is 0 Å². The summed E-state index contributed by atoms with van der Waals surface area (Å²) in [6, 6.07) is 8.84. The zero-order chi connectivity index (χ0) is 25.8. The molecule has 0 amide bonds. The molecule has 1 aromatic heterocycles. The number of rotatable bonds is 4. The van der Waals surface area contributed by atoms with Crippen molar-refractivity contribution >= 4 is 33.7 Å². The lowest BCUT2D eigenvalue weighted by molar-refractivity contribution is -0.671. The van der Waals surface area contributed by atoms with Crippen LogP contribution in [0.3, 0.4) is 0 Å². The molecule has 2 aromatic rings. The Balaban J connectivity index is 2.06. The highest BCUT2D eigenvalue weighted by atomic mass is 32.2. The number of nitrogens with zero attached hydrogens (tertiary/aromatic N) is 2. The van der Waals surface area contributed by atoms with E-state index in [2.05, 4.69) is 21.8 Å². The van der Waals surface area contributed by atoms with Crippen LogP contribution >= 0.6 is 0 Å². The standard InChI is InChI=1S/C22H22N6O6S/c1-28-8-6-14(7-9-28)17-5-4-16(26-22(25)27-21(23)24)11-15(17)3-2-13-10-18(35(31,32)33)19(20(29)30)34-12-13/h4-9,11-12,18-19H,10H2,1H3,(H7,23,24,25,27,29,30,31,32,33)/t18-,19+/m1/s1. The molecule has 182 valence electrons. The van der Waals surface area contributed by atoms with Crippen molar-refractivity contribution in [3.63, 3.8) is 0 Å². The van der Waals surface area contributed by atoms with E-state index in [1.807, 2.05) is 36.1 Å². The largest absolute Gasteiger partial charge is 0.748 e. The minimum absolute atomic E-state index is 0.0522. The van der Waals surface area contributed by atoms with Gasteiger partial charge in [0.05, 0.1) is 17.5 Å². The average molecular weight is 499 g/mol. The van der Waals surface area contributed by atoms with Crippen LogP contribution in [0.25, 0.3) is 11.1 Å². The summed E-state index contributed by atoms with van der Waals surface area (Å²) in [7, 11) is -3.12. The van der Waals surface area contributed by atoms with Gasteiger partial charge in [0.15, 0.2) is 18.5 Å². The third-order valence-corrected chi connectivity index (χ3v) is 6.05. The predicted molar refractivity (Wildman–Crippen MR) is 122 cm³/mol. The molecule has 3 rings (SSSR count). The lowest BCUT2D eigenvalue weighted by atomic mass is 9.99. The van der Waals surface area contributed by atoms with Crippen LogP contribution in [0.2, 0.25) is 0 Å². The molecule has 2 atom stereocenters. The Bertz CT molecular complexity index is 1400. The van der Waals surface area contributed by atoms with Crippen LogP contribution in [-0.4, -0.2) is 42.2 Å². The Kier molecular flexibility index (Phi) is 7.38. The van der Waals surface area contributed by atoms with E-state index >= 15 is 0 Å². The van der Waals surface area contributed by atoms with E-state index in [1.54, 1.807) is 18.2 Å². The molecule has 1 aliphatic rings. The number of carbonyl (C=O) groups excluding carboxylic acids is 1. The van der Waals surface area contributed by atoms with Gasteiger partial charge in [-0.3, -0.25) is 0 Å². The maximum absolute atomic E-state index is 11.6. The Morgan fingerprint density at radius 3 is 2.49 bits per heavy atom. The molecule has 7 N–H and O–H groups in total. The number of nitrogens with two attached hydrogens (primary N) is 3. The molecule has 1 aromatic carbocycles. The lowest BCUT2D eigenvalue weighted by Gasteiger charge is -2.32. The molecule has 0 aliphatic carbocycles. The molecule has 0 spiro atoms. The van der Waals surface area contributed by atoms with Gasteiger partial charge in [-0.2, -0.15) is 0 Å². The number of carboxylic acid groups (broad SMARTS) is 1. The first-order valence-electron chi connectivity index (χ1n) is 10.0. The van der Waals surface area contributed by atoms with Crippen molar-refractivity contribution in [2.75, 3.05) is 0 Å². The summed E-state index contributed by atoms with van der Waals surface area (Å²) in [6.45, 7) is 0. The van der Waals surface area contributed by atoms with Crippen molar-refractivity contribution in [3.8, 4) is 23.0 Å². The SMILES string of the molecule is C[n+]1ccc(-c2ccc(N=C(N)[NH+]=C(N)N)cc2C#CC2=CO[C@H](C(=O)[O-])[C@H](S(=O)(=O)[O-])C2)cc1. The van der Waals surface area contributed by atoms with E-state index in [-0.39, 0.29) is 17.5 Å². The van der Waals surface area contributed by atoms with Gasteiger partial charge in [-0.1, -0.05) is 17.9 Å². The fourth-order valence-corrected chi connectivity index (χ4v) is 4.12. The molecule has 2 heterocycles. The van der Waals surface area contributed by atoms with E-state index in [4.69, 9.17) is 21.9 Å². The monoisotopic (exact) mass is 498 g/mol. The summed E-state index contributed by atoms with van der Waals surface area (Å²) in [4.78, 5) is 17.8. The molecule has 0 fully saturated rings. The quantitative estimate of drug-likeness (QED) is 0.107. The fourth-order valence-electron chi connectivity index (χ4n) is 3.26. The number of allylic oxidation sites excluding steroid dienone is 1. The molecule has 0 saturated carbocycles. The molecule has 35 heavy (non-hydrogen) atoms. The average Bonchev–Trinajstić information content (AvgIpc) is 2.77. The molecule has 0 bridgehead atoms. The number of guanidine groups is 2. The Hall–Kier alpha value is -4.41. The summed E-state index contributed by atoms with van der Waals surface area (Å²) >= 11 is 0. The van der Waals surface area contributed by atoms with Gasteiger partial charge in [-0.15, -0.1) is 4.99 Å². The Labute approximate surface area is 201 Å². The minimum Gasteiger partial charge on any atom is -0.748 e. The first-order chi connectivity index (χ1) is 16.4. The molecular formula is C22H22N6O6S. The second-order valence-corrected chi connectivity index (χ2v) is 9.15. The number of carboxylic acids is 1. The Morgan fingerprint density at radius 2 is 1.89 bits per heavy atom. The molecule has 1 aliphatic heterocycles. The van der Waals surface area contributed by atoms with Crippen molar-refractivity contribution in [1.82, 2.24) is 0 Å². The minimum atomic E-state index is -4.99. The summed E-state index contributed by atoms with van der Waals surface area (Å²) in [5, 5.41) is 9.30. The van der Waals surface area contributed by atoms with Crippen LogP contribution in [0.15, 0.2) is 59.6 Å². The van der Waals surface area contributed by atoms with E-state index in [0.717, 1.165) is 17.4 Å². The third-order valence-electron chi connectivity index (χ3n) is 4.89. The number of ether oxygens (including phenoxy) is 1. The summed E-state index contributed by atoms with van der Waals surface area (Å²) in [5.41, 5.74) is 19.1. The van der Waals surface area contributed by atoms with Gasteiger partial charge >= 0.3 is 5.96 Å². The number of aliphatic carboxylic acids is 1. The number of hydrogen-bond donors (Lipinski definition) is 4. The van der Waals surface area contributed by atoms with Crippen molar-refractivity contribution in [1.29, 1.82) is 0 Å². The lowest BCUT2D eigenvalue weighted by Crippen LogP contribution is -2.84. The summed E-state index contributed by atoms with van der Waals surface area (Å²) in [6.07, 6.45) is 2.36. The smallest absolute Gasteiger partial charge is 0.316 e. The van der Waals surface area contributed by atoms with E-state index in [0.29, 0.717) is 11.3 Å². The highest BCUT2D eigenvalue weighted by Gasteiger charge is 2.33. The van der Waals surface area contributed by atoms with Gasteiger partial charge in [-0.25, -0.2) is 18.0 Å². The first-order valence-corrected chi connectivity index (χ1v) is 11.5. The first kappa shape index (κ1) is 25.2. The van der Waals surface area contributed by atoms with Crippen molar-refractivity contribution in [3.05, 3.63) is 60.1 Å². The van der Waals surface area contributed by atoms with Gasteiger partial charge in [-0.05, 0) is 23.3 Å². The van der Waals surface area contributed by atoms with Crippen LogP contribution < -0.4 is 31.9 Å². The van der Waals surface area contributed by atoms with Crippen molar-refractivity contribution < 1.29 is 37.2 Å². The maximum Gasteiger partial charge on any atom is 0.316 e. The molecular weight excluding hydrogens is 476 g/mol. The number of benzene rings is 1. The number of pyridine rings is 1. The predicted octanol–water partition coefficient (Wildman–Crippen LogP) is -3.83. The molecule has 0 unspecified atom stereocenters. The van der Waals surface area contributed by atoms with Crippen LogP contribution in [0, 0.1) is 11.8 Å². The third kappa shape index (κ3) is 6.56. The van der Waals surface area contributed by atoms with Crippen LogP contribution in [0.4, 0.5) is 5.69 Å². The molecule has 0 saturated heterocycles. The molecule has 0 radical (unpaired) electrons. The number of aryl methyl sites for hydroxylation is 1. The number of nitrogens with one attached hydrogen (secondary N) is 1.